The lowest BCUT2D eigenvalue weighted by molar-refractivity contribution is -0.162. The number of hydrogen-bond acceptors (Lipinski definition) is 20. The lowest BCUT2D eigenvalue weighted by atomic mass is 10.3. The number of rotatable bonds is 39. The molecule has 0 radical (unpaired) electrons. The van der Waals surface area contributed by atoms with Crippen LogP contribution in [-0.2, 0) is 95.1 Å². The molecule has 0 fully saturated rings. The van der Waals surface area contributed by atoms with Crippen molar-refractivity contribution in [3.63, 3.8) is 0 Å². The predicted octanol–water partition coefficient (Wildman–Crippen LogP) is 0.311. The minimum Gasteiger partial charge on any atom is -0.461 e. The molecule has 0 aromatic heterocycles. The van der Waals surface area contributed by atoms with Gasteiger partial charge in [-0.15, -0.1) is 0 Å². The molecule has 0 atom stereocenters. The number of carbonyl (C=O) groups excluding carboxylic acids is 6. The number of ether oxygens (including phenoxy) is 14. The molecule has 0 N–H and O–H groups in total. The van der Waals surface area contributed by atoms with Crippen LogP contribution in [0, 0.1) is 0 Å². The van der Waals surface area contributed by atoms with Crippen LogP contribution in [0.25, 0.3) is 0 Å². The number of carbonyl (C=O) groups is 6. The van der Waals surface area contributed by atoms with Crippen LogP contribution in [0.4, 0.5) is 0 Å². The van der Waals surface area contributed by atoms with E-state index in [1.807, 2.05) is 0 Å². The third-order valence-corrected chi connectivity index (χ3v) is 6.07. The van der Waals surface area contributed by atoms with Crippen LogP contribution in [0.1, 0.15) is 26.7 Å². The quantitative estimate of drug-likeness (QED) is 0.0352. The lowest BCUT2D eigenvalue weighted by Gasteiger charge is -2.09. The van der Waals surface area contributed by atoms with E-state index >= 15 is 0 Å². The molecule has 20 nitrogen and oxygen atoms in total. The van der Waals surface area contributed by atoms with E-state index < -0.39 is 49.0 Å². The van der Waals surface area contributed by atoms with Crippen LogP contribution < -0.4 is 0 Å². The highest BCUT2D eigenvalue weighted by Gasteiger charge is 2.14. The Bertz CT molecular complexity index is 1040. The zero-order valence-corrected chi connectivity index (χ0v) is 32.5. The van der Waals surface area contributed by atoms with Gasteiger partial charge in [0.05, 0.1) is 119 Å². The van der Waals surface area contributed by atoms with E-state index in [9.17, 15) is 28.8 Å². The normalized spacial score (nSPS) is 10.7. The fourth-order valence-corrected chi connectivity index (χ4v) is 3.30. The minimum atomic E-state index is -0.830. The zero-order valence-electron chi connectivity index (χ0n) is 32.5. The fraction of sp³-hybridized carbons (Fsp3) is 0.722. The van der Waals surface area contributed by atoms with Crippen LogP contribution in [0.3, 0.4) is 0 Å². The van der Waals surface area contributed by atoms with Gasteiger partial charge in [0.25, 0.3) is 0 Å². The van der Waals surface area contributed by atoms with E-state index in [4.69, 9.17) is 66.3 Å². The lowest BCUT2D eigenvalue weighted by Crippen LogP contribution is -2.21. The van der Waals surface area contributed by atoms with Crippen LogP contribution in [-0.4, -0.2) is 181 Å². The molecule has 0 aromatic rings. The van der Waals surface area contributed by atoms with E-state index in [0.29, 0.717) is 77.2 Å². The van der Waals surface area contributed by atoms with Gasteiger partial charge >= 0.3 is 35.8 Å². The van der Waals surface area contributed by atoms with Crippen LogP contribution in [0.2, 0.25) is 0 Å². The summed E-state index contributed by atoms with van der Waals surface area (Å²) in [5.74, 6) is -4.17. The third-order valence-electron chi connectivity index (χ3n) is 6.07. The molecule has 0 aliphatic heterocycles. The Labute approximate surface area is 327 Å². The summed E-state index contributed by atoms with van der Waals surface area (Å²) in [5.41, 5.74) is 0.658. The van der Waals surface area contributed by atoms with Crippen molar-refractivity contribution in [2.75, 3.05) is 145 Å². The second-order valence-corrected chi connectivity index (χ2v) is 11.0. The SMILES string of the molecule is C=C(C)C(=O)OCCOCCOCCOCCOCCOC(=O)COC(=O)CCC(=O)OCC(=O)OCCOCCOCCOCCOCCOC(=O)C(=C)C. The van der Waals surface area contributed by atoms with Gasteiger partial charge in [0, 0.05) is 11.1 Å². The molecule has 0 aliphatic rings. The fourth-order valence-electron chi connectivity index (χ4n) is 3.30. The van der Waals surface area contributed by atoms with Crippen molar-refractivity contribution in [2.45, 2.75) is 26.7 Å². The summed E-state index contributed by atoms with van der Waals surface area (Å²) in [4.78, 5) is 69.4. The Morgan fingerprint density at radius 3 is 0.750 bits per heavy atom. The Balaban J connectivity index is 3.48. The second-order valence-electron chi connectivity index (χ2n) is 11.0. The summed E-state index contributed by atoms with van der Waals surface area (Å²) in [6.45, 7) is 13.6. The maximum absolute atomic E-state index is 11.8. The average molecular weight is 811 g/mol. The summed E-state index contributed by atoms with van der Waals surface area (Å²) in [6, 6.07) is 0. The first kappa shape index (κ1) is 52.0. The Morgan fingerprint density at radius 1 is 0.304 bits per heavy atom. The van der Waals surface area contributed by atoms with Crippen LogP contribution in [0.15, 0.2) is 24.3 Å². The van der Waals surface area contributed by atoms with Gasteiger partial charge in [0.1, 0.15) is 26.4 Å². The standard InChI is InChI=1S/C36H58O20/c1-29(2)35(41)53-25-21-49-17-13-45-9-7-43-11-15-47-19-23-51-33(39)27-55-31(37)5-6-32(38)56-28-34(40)52-24-20-48-16-12-44-8-10-46-14-18-50-22-26-54-36(42)30(3)4/h1,3,5-28H2,2,4H3. The van der Waals surface area contributed by atoms with E-state index in [1.54, 1.807) is 13.8 Å². The molecular formula is C36H58O20. The van der Waals surface area contributed by atoms with E-state index in [0.717, 1.165) is 0 Å². The monoisotopic (exact) mass is 810 g/mol. The van der Waals surface area contributed by atoms with Gasteiger partial charge in [-0.05, 0) is 13.8 Å². The second kappa shape index (κ2) is 37.9. The van der Waals surface area contributed by atoms with E-state index in [-0.39, 0.29) is 78.9 Å². The molecule has 0 spiro atoms. The van der Waals surface area contributed by atoms with Gasteiger partial charge in [-0.25, -0.2) is 19.2 Å². The van der Waals surface area contributed by atoms with Crippen LogP contribution in [0.5, 0.6) is 0 Å². The Morgan fingerprint density at radius 2 is 0.518 bits per heavy atom. The molecule has 56 heavy (non-hydrogen) atoms. The molecule has 0 saturated carbocycles. The largest absolute Gasteiger partial charge is 0.461 e. The van der Waals surface area contributed by atoms with Gasteiger partial charge in [0.15, 0.2) is 13.2 Å². The van der Waals surface area contributed by atoms with Crippen molar-refractivity contribution in [1.82, 2.24) is 0 Å². The van der Waals surface area contributed by atoms with Crippen molar-refractivity contribution in [3.8, 4) is 0 Å². The first-order chi connectivity index (χ1) is 27.0. The maximum atomic E-state index is 11.8. The minimum absolute atomic E-state index is 0.0652. The van der Waals surface area contributed by atoms with Crippen molar-refractivity contribution in [1.29, 1.82) is 0 Å². The zero-order chi connectivity index (χ0) is 41.5. The molecule has 0 aromatic carbocycles. The summed E-state index contributed by atoms with van der Waals surface area (Å²) in [5, 5.41) is 0. The predicted molar refractivity (Wildman–Crippen MR) is 191 cm³/mol. The van der Waals surface area contributed by atoms with Crippen molar-refractivity contribution in [2.24, 2.45) is 0 Å². The van der Waals surface area contributed by atoms with Gasteiger partial charge in [-0.3, -0.25) is 9.59 Å². The van der Waals surface area contributed by atoms with E-state index in [1.165, 1.54) is 0 Å². The van der Waals surface area contributed by atoms with Crippen molar-refractivity contribution >= 4 is 35.8 Å². The Kier molecular flexibility index (Phi) is 35.2. The first-order valence-electron chi connectivity index (χ1n) is 17.9. The van der Waals surface area contributed by atoms with Crippen molar-refractivity contribution in [3.05, 3.63) is 24.3 Å². The third kappa shape index (κ3) is 36.9. The van der Waals surface area contributed by atoms with Gasteiger partial charge in [-0.1, -0.05) is 13.2 Å². The molecule has 322 valence electrons. The van der Waals surface area contributed by atoms with Crippen LogP contribution >= 0.6 is 0 Å². The van der Waals surface area contributed by atoms with E-state index in [2.05, 4.69) is 13.2 Å². The number of esters is 6. The van der Waals surface area contributed by atoms with Gasteiger partial charge < -0.3 is 66.3 Å². The molecule has 0 saturated heterocycles. The van der Waals surface area contributed by atoms with Gasteiger partial charge in [-0.2, -0.15) is 0 Å². The van der Waals surface area contributed by atoms with Gasteiger partial charge in [0.2, 0.25) is 0 Å². The molecule has 0 aliphatic carbocycles. The average Bonchev–Trinajstić information content (AvgIpc) is 3.17. The van der Waals surface area contributed by atoms with Crippen molar-refractivity contribution < 1.29 is 95.1 Å². The molecule has 20 heteroatoms. The molecule has 0 heterocycles. The highest BCUT2D eigenvalue weighted by molar-refractivity contribution is 5.87. The first-order valence-corrected chi connectivity index (χ1v) is 17.9. The summed E-state index contributed by atoms with van der Waals surface area (Å²) < 4.78 is 71.5. The summed E-state index contributed by atoms with van der Waals surface area (Å²) in [7, 11) is 0. The topological polar surface area (TPSA) is 232 Å². The molecule has 0 bridgehead atoms. The highest BCUT2D eigenvalue weighted by atomic mass is 16.6. The molecular weight excluding hydrogens is 752 g/mol. The smallest absolute Gasteiger partial charge is 0.344 e. The summed E-state index contributed by atoms with van der Waals surface area (Å²) >= 11 is 0. The number of hydrogen-bond donors (Lipinski definition) is 0. The molecule has 0 rings (SSSR count). The highest BCUT2D eigenvalue weighted by Crippen LogP contribution is 1.98. The molecule has 0 unspecified atom stereocenters. The maximum Gasteiger partial charge on any atom is 0.344 e. The Hall–Kier alpha value is -4.02. The molecule has 0 amide bonds. The summed E-state index contributed by atoms with van der Waals surface area (Å²) in [6.07, 6.45) is -0.741.